The summed E-state index contributed by atoms with van der Waals surface area (Å²) >= 11 is 0. The number of rotatable bonds is 5. The van der Waals surface area contributed by atoms with Gasteiger partial charge in [-0.3, -0.25) is 0 Å². The minimum absolute atomic E-state index is 0.0487. The van der Waals surface area contributed by atoms with Crippen LogP contribution in [0.2, 0.25) is 0 Å². The van der Waals surface area contributed by atoms with Gasteiger partial charge in [-0.2, -0.15) is 0 Å². The van der Waals surface area contributed by atoms with Crippen LogP contribution in [0.5, 0.6) is 11.5 Å². The first-order valence-corrected chi connectivity index (χ1v) is 6.21. The van der Waals surface area contributed by atoms with Gasteiger partial charge in [0.25, 0.3) is 0 Å². The summed E-state index contributed by atoms with van der Waals surface area (Å²) in [7, 11) is 0. The van der Waals surface area contributed by atoms with Crippen molar-refractivity contribution >= 4 is 10.8 Å². The number of ether oxygens (including phenoxy) is 2. The molecule has 3 nitrogen and oxygen atoms in total. The summed E-state index contributed by atoms with van der Waals surface area (Å²) in [5.41, 5.74) is 0.897. The van der Waals surface area contributed by atoms with Crippen molar-refractivity contribution in [1.82, 2.24) is 0 Å². The van der Waals surface area contributed by atoms with E-state index in [1.54, 1.807) is 0 Å². The van der Waals surface area contributed by atoms with Crippen LogP contribution in [0.15, 0.2) is 30.3 Å². The van der Waals surface area contributed by atoms with E-state index in [0.29, 0.717) is 13.2 Å². The quantitative estimate of drug-likeness (QED) is 0.880. The van der Waals surface area contributed by atoms with Gasteiger partial charge in [0.1, 0.15) is 0 Å². The van der Waals surface area contributed by atoms with E-state index in [2.05, 4.69) is 0 Å². The molecule has 0 heterocycles. The Kier molecular flexibility index (Phi) is 4.05. The van der Waals surface area contributed by atoms with Gasteiger partial charge in [0, 0.05) is 0 Å². The van der Waals surface area contributed by atoms with E-state index in [1.807, 2.05) is 44.2 Å². The van der Waals surface area contributed by atoms with E-state index >= 15 is 0 Å². The van der Waals surface area contributed by atoms with Crippen molar-refractivity contribution in [3.8, 4) is 11.5 Å². The first kappa shape index (κ1) is 12.7. The van der Waals surface area contributed by atoms with Crippen molar-refractivity contribution in [2.75, 3.05) is 13.2 Å². The van der Waals surface area contributed by atoms with Crippen LogP contribution in [-0.4, -0.2) is 18.3 Å². The van der Waals surface area contributed by atoms with Gasteiger partial charge in [0.2, 0.25) is 0 Å². The van der Waals surface area contributed by atoms with Crippen LogP contribution in [0, 0.1) is 0 Å². The maximum atomic E-state index is 9.15. The molecule has 0 bridgehead atoms. The molecule has 2 aromatic rings. The second kappa shape index (κ2) is 5.74. The zero-order chi connectivity index (χ0) is 13.0. The Labute approximate surface area is 107 Å². The van der Waals surface area contributed by atoms with Crippen molar-refractivity contribution in [2.45, 2.75) is 20.5 Å². The number of hydrogen-bond acceptors (Lipinski definition) is 3. The van der Waals surface area contributed by atoms with Gasteiger partial charge in [-0.25, -0.2) is 0 Å². The maximum absolute atomic E-state index is 9.15. The highest BCUT2D eigenvalue weighted by Gasteiger charge is 2.07. The fraction of sp³-hybridized carbons (Fsp3) is 0.333. The predicted molar refractivity (Wildman–Crippen MR) is 72.2 cm³/mol. The molecular weight excluding hydrogens is 228 g/mol. The molecule has 0 unspecified atom stereocenters. The van der Waals surface area contributed by atoms with Crippen LogP contribution < -0.4 is 9.47 Å². The smallest absolute Gasteiger partial charge is 0.161 e. The van der Waals surface area contributed by atoms with Crippen LogP contribution in [0.4, 0.5) is 0 Å². The number of aliphatic hydroxyl groups is 1. The van der Waals surface area contributed by atoms with Crippen molar-refractivity contribution in [2.24, 2.45) is 0 Å². The molecular formula is C15H18O3. The molecule has 0 aromatic heterocycles. The Morgan fingerprint density at radius 2 is 1.50 bits per heavy atom. The molecule has 96 valence electrons. The van der Waals surface area contributed by atoms with Gasteiger partial charge >= 0.3 is 0 Å². The van der Waals surface area contributed by atoms with Crippen LogP contribution in [0.25, 0.3) is 10.8 Å². The zero-order valence-corrected chi connectivity index (χ0v) is 10.8. The minimum Gasteiger partial charge on any atom is -0.490 e. The van der Waals surface area contributed by atoms with E-state index in [0.717, 1.165) is 27.8 Å². The summed E-state index contributed by atoms with van der Waals surface area (Å²) in [5, 5.41) is 11.3. The molecule has 0 saturated heterocycles. The van der Waals surface area contributed by atoms with E-state index in [1.165, 1.54) is 0 Å². The molecule has 0 atom stereocenters. The van der Waals surface area contributed by atoms with E-state index in [-0.39, 0.29) is 6.61 Å². The Hall–Kier alpha value is -1.74. The Morgan fingerprint density at radius 3 is 2.06 bits per heavy atom. The molecule has 1 N–H and O–H groups in total. The third-order valence-electron chi connectivity index (χ3n) is 2.75. The third kappa shape index (κ3) is 2.57. The second-order valence-electron chi connectivity index (χ2n) is 4.00. The summed E-state index contributed by atoms with van der Waals surface area (Å²) in [6, 6.07) is 9.80. The normalized spacial score (nSPS) is 10.6. The summed E-state index contributed by atoms with van der Waals surface area (Å²) in [6.45, 7) is 5.16. The standard InChI is InChI=1S/C15H18O3/c1-3-17-14-8-12-6-5-11(10-16)7-13(12)9-15(14)18-4-2/h5-9,16H,3-4,10H2,1-2H3. The molecule has 0 spiro atoms. The average molecular weight is 246 g/mol. The number of hydrogen-bond donors (Lipinski definition) is 1. The molecule has 0 radical (unpaired) electrons. The first-order valence-electron chi connectivity index (χ1n) is 6.21. The summed E-state index contributed by atoms with van der Waals surface area (Å²) in [4.78, 5) is 0. The molecule has 2 aromatic carbocycles. The lowest BCUT2D eigenvalue weighted by molar-refractivity contribution is 0.282. The highest BCUT2D eigenvalue weighted by Crippen LogP contribution is 2.33. The molecule has 0 aliphatic carbocycles. The Balaban J connectivity index is 2.52. The van der Waals surface area contributed by atoms with E-state index < -0.39 is 0 Å². The predicted octanol–water partition coefficient (Wildman–Crippen LogP) is 3.13. The summed E-state index contributed by atoms with van der Waals surface area (Å²) < 4.78 is 11.2. The Morgan fingerprint density at radius 1 is 0.889 bits per heavy atom. The van der Waals surface area contributed by atoms with Crippen LogP contribution in [0.1, 0.15) is 19.4 Å². The van der Waals surface area contributed by atoms with Crippen molar-refractivity contribution < 1.29 is 14.6 Å². The van der Waals surface area contributed by atoms with Gasteiger partial charge in [0.05, 0.1) is 19.8 Å². The molecule has 0 aliphatic heterocycles. The van der Waals surface area contributed by atoms with E-state index in [4.69, 9.17) is 14.6 Å². The molecule has 0 aliphatic rings. The molecule has 0 fully saturated rings. The molecule has 3 heteroatoms. The van der Waals surface area contributed by atoms with Gasteiger partial charge in [-0.1, -0.05) is 12.1 Å². The second-order valence-corrected chi connectivity index (χ2v) is 4.00. The number of aliphatic hydroxyl groups excluding tert-OH is 1. The van der Waals surface area contributed by atoms with E-state index in [9.17, 15) is 0 Å². The van der Waals surface area contributed by atoms with Gasteiger partial charge in [-0.15, -0.1) is 0 Å². The fourth-order valence-corrected chi connectivity index (χ4v) is 1.94. The van der Waals surface area contributed by atoms with Gasteiger partial charge in [-0.05, 0) is 48.4 Å². The number of benzene rings is 2. The maximum Gasteiger partial charge on any atom is 0.161 e. The minimum atomic E-state index is 0.0487. The topological polar surface area (TPSA) is 38.7 Å². The third-order valence-corrected chi connectivity index (χ3v) is 2.75. The average Bonchev–Trinajstić information content (AvgIpc) is 2.39. The van der Waals surface area contributed by atoms with Gasteiger partial charge in [0.15, 0.2) is 11.5 Å². The lowest BCUT2D eigenvalue weighted by atomic mass is 10.1. The molecule has 0 amide bonds. The highest BCUT2D eigenvalue weighted by molar-refractivity contribution is 5.86. The lowest BCUT2D eigenvalue weighted by Crippen LogP contribution is -1.98. The summed E-state index contributed by atoms with van der Waals surface area (Å²) in [5.74, 6) is 1.52. The largest absolute Gasteiger partial charge is 0.490 e. The van der Waals surface area contributed by atoms with Crippen molar-refractivity contribution in [3.05, 3.63) is 35.9 Å². The SMILES string of the molecule is CCOc1cc2ccc(CO)cc2cc1OCC. The lowest BCUT2D eigenvalue weighted by Gasteiger charge is -2.12. The fourth-order valence-electron chi connectivity index (χ4n) is 1.94. The monoisotopic (exact) mass is 246 g/mol. The summed E-state index contributed by atoms with van der Waals surface area (Å²) in [6.07, 6.45) is 0. The zero-order valence-electron chi connectivity index (χ0n) is 10.8. The van der Waals surface area contributed by atoms with Crippen LogP contribution in [-0.2, 0) is 6.61 Å². The van der Waals surface area contributed by atoms with Crippen LogP contribution >= 0.6 is 0 Å². The van der Waals surface area contributed by atoms with Crippen molar-refractivity contribution in [3.63, 3.8) is 0 Å². The number of fused-ring (bicyclic) bond motifs is 1. The molecule has 0 saturated carbocycles. The molecule has 2 rings (SSSR count). The van der Waals surface area contributed by atoms with Crippen LogP contribution in [0.3, 0.4) is 0 Å². The van der Waals surface area contributed by atoms with Crippen molar-refractivity contribution in [1.29, 1.82) is 0 Å². The highest BCUT2D eigenvalue weighted by atomic mass is 16.5. The Bertz CT molecular complexity index is 534. The first-order chi connectivity index (χ1) is 8.78. The molecule has 18 heavy (non-hydrogen) atoms. The van der Waals surface area contributed by atoms with Gasteiger partial charge < -0.3 is 14.6 Å².